The van der Waals surface area contributed by atoms with Gasteiger partial charge >= 0.3 is 0 Å². The zero-order valence-electron chi connectivity index (χ0n) is 13.1. The van der Waals surface area contributed by atoms with E-state index in [1.54, 1.807) is 18.5 Å². The molecule has 0 fully saturated rings. The topological polar surface area (TPSA) is 46.8 Å². The Morgan fingerprint density at radius 2 is 1.83 bits per heavy atom. The Hall–Kier alpha value is -2.21. The molecule has 1 aromatic carbocycles. The van der Waals surface area contributed by atoms with Crippen LogP contribution in [0.1, 0.15) is 19.4 Å². The molecule has 0 bridgehead atoms. The average Bonchev–Trinajstić information content (AvgIpc) is 2.95. The zero-order valence-corrected chi connectivity index (χ0v) is 13.9. The largest absolute Gasteiger partial charge is 0.355 e. The van der Waals surface area contributed by atoms with Gasteiger partial charge in [0.15, 0.2) is 17.0 Å². The average molecular weight is 336 g/mol. The number of halogens is 2. The summed E-state index contributed by atoms with van der Waals surface area (Å²) in [4.78, 5) is 15.2. The summed E-state index contributed by atoms with van der Waals surface area (Å²) >= 11 is 0. The van der Waals surface area contributed by atoms with E-state index in [9.17, 15) is 4.39 Å². The number of benzene rings is 1. The van der Waals surface area contributed by atoms with Gasteiger partial charge in [-0.3, -0.25) is 0 Å². The lowest BCUT2D eigenvalue weighted by Gasteiger charge is -2.19. The number of hydrogen-bond acceptors (Lipinski definition) is 4. The lowest BCUT2D eigenvalue weighted by molar-refractivity contribution is 0.601. The van der Waals surface area contributed by atoms with Crippen LogP contribution in [0.15, 0.2) is 36.9 Å². The molecule has 0 saturated heterocycles. The highest BCUT2D eigenvalue weighted by atomic mass is 35.5. The van der Waals surface area contributed by atoms with Gasteiger partial charge in [-0.25, -0.2) is 19.3 Å². The Morgan fingerprint density at radius 3 is 2.52 bits per heavy atom. The summed E-state index contributed by atoms with van der Waals surface area (Å²) in [6.45, 7) is 6.25. The number of aromatic nitrogens is 4. The monoisotopic (exact) mass is 335 g/mol. The summed E-state index contributed by atoms with van der Waals surface area (Å²) in [5.74, 6) is 0.602. The van der Waals surface area contributed by atoms with Crippen LogP contribution in [-0.2, 0) is 6.54 Å². The van der Waals surface area contributed by atoms with E-state index in [2.05, 4.69) is 33.7 Å². The van der Waals surface area contributed by atoms with Gasteiger partial charge in [0.2, 0.25) is 0 Å². The molecule has 0 radical (unpaired) electrons. The third kappa shape index (κ3) is 3.27. The number of anilines is 1. The van der Waals surface area contributed by atoms with E-state index in [1.165, 1.54) is 12.4 Å². The van der Waals surface area contributed by atoms with Crippen LogP contribution in [0.4, 0.5) is 10.2 Å². The summed E-state index contributed by atoms with van der Waals surface area (Å²) in [6, 6.07) is 6.75. The molecule has 0 amide bonds. The molecule has 23 heavy (non-hydrogen) atoms. The van der Waals surface area contributed by atoms with Crippen LogP contribution in [0.3, 0.4) is 0 Å². The quantitative estimate of drug-likeness (QED) is 0.718. The first-order valence-corrected chi connectivity index (χ1v) is 7.38. The van der Waals surface area contributed by atoms with E-state index in [1.807, 2.05) is 10.6 Å². The molecule has 0 N–H and O–H groups in total. The summed E-state index contributed by atoms with van der Waals surface area (Å²) < 4.78 is 15.7. The molecule has 0 aliphatic heterocycles. The van der Waals surface area contributed by atoms with E-state index in [4.69, 9.17) is 0 Å². The Morgan fingerprint density at radius 1 is 1.09 bits per heavy atom. The number of nitrogens with zero attached hydrogens (tertiary/aromatic N) is 5. The molecule has 0 atom stereocenters. The van der Waals surface area contributed by atoms with Crippen LogP contribution in [-0.4, -0.2) is 32.6 Å². The molecule has 7 heteroatoms. The highest BCUT2D eigenvalue weighted by Gasteiger charge is 2.14. The molecule has 5 nitrogen and oxygen atoms in total. The van der Waals surface area contributed by atoms with Crippen molar-refractivity contribution in [3.63, 3.8) is 0 Å². The van der Waals surface area contributed by atoms with Gasteiger partial charge in [0.25, 0.3) is 0 Å². The number of imidazole rings is 1. The van der Waals surface area contributed by atoms with Gasteiger partial charge in [-0.15, -0.1) is 12.4 Å². The first-order valence-electron chi connectivity index (χ1n) is 7.38. The van der Waals surface area contributed by atoms with Gasteiger partial charge < -0.3 is 9.47 Å². The second kappa shape index (κ2) is 7.37. The highest BCUT2D eigenvalue weighted by molar-refractivity contribution is 5.85. The van der Waals surface area contributed by atoms with Gasteiger partial charge in [-0.05, 0) is 19.9 Å². The second-order valence-corrected chi connectivity index (χ2v) is 5.01. The Kier molecular flexibility index (Phi) is 5.50. The molecule has 0 unspecified atom stereocenters. The van der Waals surface area contributed by atoms with E-state index < -0.39 is 0 Å². The van der Waals surface area contributed by atoms with Crippen molar-refractivity contribution < 1.29 is 4.39 Å². The SMILES string of the molecule is CCN(CC)c1ncnc2c1ncn2Cc1ccccc1F.Cl. The molecule has 0 saturated carbocycles. The van der Waals surface area contributed by atoms with Crippen LogP contribution in [0, 0.1) is 5.82 Å². The first-order chi connectivity index (χ1) is 10.7. The first kappa shape index (κ1) is 17.1. The minimum Gasteiger partial charge on any atom is -0.355 e. The van der Waals surface area contributed by atoms with Gasteiger partial charge in [0, 0.05) is 18.7 Å². The molecular weight excluding hydrogens is 317 g/mol. The normalized spacial score (nSPS) is 10.6. The Bertz CT molecular complexity index is 785. The highest BCUT2D eigenvalue weighted by Crippen LogP contribution is 2.22. The third-order valence-electron chi connectivity index (χ3n) is 3.74. The van der Waals surface area contributed by atoms with Gasteiger partial charge in [0.1, 0.15) is 12.1 Å². The summed E-state index contributed by atoms with van der Waals surface area (Å²) in [7, 11) is 0. The lowest BCUT2D eigenvalue weighted by atomic mass is 10.2. The minimum absolute atomic E-state index is 0. The van der Waals surface area contributed by atoms with E-state index in [0.717, 1.165) is 30.1 Å². The van der Waals surface area contributed by atoms with Gasteiger partial charge in [0.05, 0.1) is 12.9 Å². The maximum Gasteiger partial charge on any atom is 0.165 e. The Labute approximate surface area is 140 Å². The van der Waals surface area contributed by atoms with Crippen LogP contribution in [0.2, 0.25) is 0 Å². The van der Waals surface area contributed by atoms with Crippen molar-refractivity contribution in [2.75, 3.05) is 18.0 Å². The molecule has 0 aliphatic carbocycles. The van der Waals surface area contributed by atoms with E-state index in [0.29, 0.717) is 12.1 Å². The van der Waals surface area contributed by atoms with Gasteiger partial charge in [-0.1, -0.05) is 18.2 Å². The minimum atomic E-state index is -0.220. The van der Waals surface area contributed by atoms with Crippen LogP contribution >= 0.6 is 12.4 Å². The molecule has 0 spiro atoms. The van der Waals surface area contributed by atoms with E-state index in [-0.39, 0.29) is 18.2 Å². The maximum absolute atomic E-state index is 13.8. The molecular formula is C16H19ClFN5. The zero-order chi connectivity index (χ0) is 15.5. The summed E-state index contributed by atoms with van der Waals surface area (Å²) in [5, 5.41) is 0. The van der Waals surface area contributed by atoms with Crippen molar-refractivity contribution in [3.8, 4) is 0 Å². The second-order valence-electron chi connectivity index (χ2n) is 5.01. The standard InChI is InChI=1S/C16H18FN5.ClH/c1-3-21(4-2)15-14-16(19-10-18-15)22(11-20-14)9-12-7-5-6-8-13(12)17;/h5-8,10-11H,3-4,9H2,1-2H3;1H. The Balaban J connectivity index is 0.00000192. The molecule has 2 heterocycles. The third-order valence-corrected chi connectivity index (χ3v) is 3.74. The lowest BCUT2D eigenvalue weighted by Crippen LogP contribution is -2.23. The maximum atomic E-state index is 13.8. The van der Waals surface area contributed by atoms with E-state index >= 15 is 0 Å². The van der Waals surface area contributed by atoms with Crippen molar-refractivity contribution in [2.45, 2.75) is 20.4 Å². The smallest absolute Gasteiger partial charge is 0.165 e. The fourth-order valence-electron chi connectivity index (χ4n) is 2.55. The molecule has 2 aromatic heterocycles. The van der Waals surface area contributed by atoms with Crippen LogP contribution in [0.25, 0.3) is 11.2 Å². The van der Waals surface area contributed by atoms with Crippen molar-refractivity contribution in [2.24, 2.45) is 0 Å². The molecule has 122 valence electrons. The number of hydrogen-bond donors (Lipinski definition) is 0. The van der Waals surface area contributed by atoms with Crippen molar-refractivity contribution >= 4 is 29.4 Å². The number of rotatable bonds is 5. The van der Waals surface area contributed by atoms with Crippen LogP contribution in [0.5, 0.6) is 0 Å². The molecule has 0 aliphatic rings. The van der Waals surface area contributed by atoms with Crippen molar-refractivity contribution in [1.29, 1.82) is 0 Å². The molecule has 3 rings (SSSR count). The summed E-state index contributed by atoms with van der Waals surface area (Å²) in [5.41, 5.74) is 2.09. The fourth-order valence-corrected chi connectivity index (χ4v) is 2.55. The van der Waals surface area contributed by atoms with Crippen molar-refractivity contribution in [1.82, 2.24) is 19.5 Å². The van der Waals surface area contributed by atoms with Gasteiger partial charge in [-0.2, -0.15) is 0 Å². The van der Waals surface area contributed by atoms with Crippen LogP contribution < -0.4 is 4.90 Å². The number of fused-ring (bicyclic) bond motifs is 1. The predicted molar refractivity (Wildman–Crippen MR) is 91.6 cm³/mol. The van der Waals surface area contributed by atoms with Crippen molar-refractivity contribution in [3.05, 3.63) is 48.3 Å². The summed E-state index contributed by atoms with van der Waals surface area (Å²) in [6.07, 6.45) is 3.23. The molecule has 3 aromatic rings. The fraction of sp³-hybridized carbons (Fsp3) is 0.312. The predicted octanol–water partition coefficient (Wildman–Crippen LogP) is 3.28.